The van der Waals surface area contributed by atoms with E-state index in [9.17, 15) is 9.59 Å². The van der Waals surface area contributed by atoms with E-state index in [2.05, 4.69) is 0 Å². The van der Waals surface area contributed by atoms with Gasteiger partial charge in [0.05, 0.1) is 0 Å². The van der Waals surface area contributed by atoms with E-state index in [4.69, 9.17) is 0 Å². The molecule has 0 heterocycles. The molecular formula is C8H14O2. The third-order valence-corrected chi connectivity index (χ3v) is 1.60. The van der Waals surface area contributed by atoms with Crippen molar-refractivity contribution in [2.24, 2.45) is 5.92 Å². The Balaban J connectivity index is 3.83. The lowest BCUT2D eigenvalue weighted by Gasteiger charge is -2.06. The minimum Gasteiger partial charge on any atom is -0.300 e. The number of carbonyl (C=O) groups excluding carboxylic acids is 2. The minimum absolute atomic E-state index is 0.0440. The van der Waals surface area contributed by atoms with Crippen LogP contribution in [0.25, 0.3) is 0 Å². The standard InChI is InChI=1S/C8H14O2/c1-4-8(7(3)10)5-6(2)9/h8H,4-5H2,1-3H3. The van der Waals surface area contributed by atoms with Crippen molar-refractivity contribution < 1.29 is 9.59 Å². The van der Waals surface area contributed by atoms with Gasteiger partial charge in [-0.3, -0.25) is 4.79 Å². The Morgan fingerprint density at radius 2 is 1.80 bits per heavy atom. The summed E-state index contributed by atoms with van der Waals surface area (Å²) in [6.45, 7) is 4.98. The highest BCUT2D eigenvalue weighted by molar-refractivity contribution is 5.85. The van der Waals surface area contributed by atoms with Crippen LogP contribution in [-0.4, -0.2) is 11.6 Å². The Labute approximate surface area is 61.6 Å². The second kappa shape index (κ2) is 4.20. The van der Waals surface area contributed by atoms with Crippen molar-refractivity contribution in [1.82, 2.24) is 0 Å². The smallest absolute Gasteiger partial charge is 0.133 e. The maximum atomic E-state index is 10.8. The number of rotatable bonds is 4. The van der Waals surface area contributed by atoms with E-state index in [0.717, 1.165) is 6.42 Å². The van der Waals surface area contributed by atoms with Gasteiger partial charge in [-0.05, 0) is 20.3 Å². The molecule has 0 N–H and O–H groups in total. The van der Waals surface area contributed by atoms with Gasteiger partial charge in [-0.1, -0.05) is 6.92 Å². The van der Waals surface area contributed by atoms with Crippen LogP contribution in [0.15, 0.2) is 0 Å². The molecule has 0 rings (SSSR count). The molecule has 0 aromatic heterocycles. The molecule has 1 unspecified atom stereocenters. The second-order valence-corrected chi connectivity index (χ2v) is 2.62. The first kappa shape index (κ1) is 9.34. The highest BCUT2D eigenvalue weighted by atomic mass is 16.1. The normalized spacial score (nSPS) is 12.7. The highest BCUT2D eigenvalue weighted by Crippen LogP contribution is 2.09. The summed E-state index contributed by atoms with van der Waals surface area (Å²) < 4.78 is 0. The number of Topliss-reactive ketones (excluding diaryl/α,β-unsaturated/α-hetero) is 2. The van der Waals surface area contributed by atoms with Crippen molar-refractivity contribution in [3.63, 3.8) is 0 Å². The molecule has 0 aliphatic carbocycles. The summed E-state index contributed by atoms with van der Waals surface area (Å²) in [5, 5.41) is 0. The fourth-order valence-corrected chi connectivity index (χ4v) is 0.923. The van der Waals surface area contributed by atoms with Crippen LogP contribution in [0.5, 0.6) is 0 Å². The molecule has 2 heteroatoms. The molecule has 0 saturated heterocycles. The van der Waals surface area contributed by atoms with Crippen molar-refractivity contribution in [1.29, 1.82) is 0 Å². The average molecular weight is 142 g/mol. The lowest BCUT2D eigenvalue weighted by molar-refractivity contribution is -0.125. The van der Waals surface area contributed by atoms with Gasteiger partial charge >= 0.3 is 0 Å². The van der Waals surface area contributed by atoms with E-state index in [1.807, 2.05) is 6.92 Å². The van der Waals surface area contributed by atoms with Gasteiger partial charge in [0.1, 0.15) is 11.6 Å². The van der Waals surface area contributed by atoms with Gasteiger partial charge in [0.25, 0.3) is 0 Å². The third kappa shape index (κ3) is 3.38. The summed E-state index contributed by atoms with van der Waals surface area (Å²) in [6, 6.07) is 0. The Morgan fingerprint density at radius 3 is 1.90 bits per heavy atom. The fourth-order valence-electron chi connectivity index (χ4n) is 0.923. The lowest BCUT2D eigenvalue weighted by Crippen LogP contribution is -2.12. The van der Waals surface area contributed by atoms with Gasteiger partial charge in [-0.25, -0.2) is 0 Å². The molecule has 2 nitrogen and oxygen atoms in total. The number of ketones is 2. The van der Waals surface area contributed by atoms with Gasteiger partial charge in [-0.15, -0.1) is 0 Å². The van der Waals surface area contributed by atoms with E-state index in [0.29, 0.717) is 6.42 Å². The fraction of sp³-hybridized carbons (Fsp3) is 0.750. The Bertz CT molecular complexity index is 138. The van der Waals surface area contributed by atoms with Gasteiger partial charge in [0, 0.05) is 12.3 Å². The van der Waals surface area contributed by atoms with E-state index in [-0.39, 0.29) is 17.5 Å². The summed E-state index contributed by atoms with van der Waals surface area (Å²) in [5.41, 5.74) is 0. The maximum Gasteiger partial charge on any atom is 0.133 e. The quantitative estimate of drug-likeness (QED) is 0.597. The minimum atomic E-state index is -0.0440. The first-order valence-electron chi connectivity index (χ1n) is 3.57. The van der Waals surface area contributed by atoms with Gasteiger partial charge in [0.15, 0.2) is 0 Å². The number of hydrogen-bond acceptors (Lipinski definition) is 2. The summed E-state index contributed by atoms with van der Waals surface area (Å²) >= 11 is 0. The van der Waals surface area contributed by atoms with Crippen molar-refractivity contribution in [2.45, 2.75) is 33.6 Å². The second-order valence-electron chi connectivity index (χ2n) is 2.62. The van der Waals surface area contributed by atoms with E-state index in [1.54, 1.807) is 0 Å². The number of hydrogen-bond donors (Lipinski definition) is 0. The lowest BCUT2D eigenvalue weighted by atomic mass is 9.96. The molecule has 0 aromatic rings. The van der Waals surface area contributed by atoms with Gasteiger partial charge in [0.2, 0.25) is 0 Å². The molecule has 10 heavy (non-hydrogen) atoms. The van der Waals surface area contributed by atoms with Gasteiger partial charge < -0.3 is 4.79 Å². The first-order valence-corrected chi connectivity index (χ1v) is 3.57. The van der Waals surface area contributed by atoms with Crippen LogP contribution in [0.3, 0.4) is 0 Å². The molecule has 0 fully saturated rings. The zero-order valence-electron chi connectivity index (χ0n) is 6.81. The predicted molar refractivity (Wildman–Crippen MR) is 39.8 cm³/mol. The molecule has 1 atom stereocenters. The van der Waals surface area contributed by atoms with Crippen LogP contribution in [0.4, 0.5) is 0 Å². The van der Waals surface area contributed by atoms with E-state index in [1.165, 1.54) is 13.8 Å². The number of carbonyl (C=O) groups is 2. The maximum absolute atomic E-state index is 10.8. The third-order valence-electron chi connectivity index (χ3n) is 1.60. The zero-order chi connectivity index (χ0) is 8.15. The van der Waals surface area contributed by atoms with Crippen molar-refractivity contribution in [3.8, 4) is 0 Å². The monoisotopic (exact) mass is 142 g/mol. The molecule has 0 radical (unpaired) electrons. The van der Waals surface area contributed by atoms with Crippen molar-refractivity contribution in [3.05, 3.63) is 0 Å². The van der Waals surface area contributed by atoms with E-state index >= 15 is 0 Å². The molecule has 0 bridgehead atoms. The summed E-state index contributed by atoms with van der Waals surface area (Å²) in [4.78, 5) is 21.3. The average Bonchev–Trinajstić information content (AvgIpc) is 1.81. The van der Waals surface area contributed by atoms with Crippen LogP contribution in [0.1, 0.15) is 33.6 Å². The highest BCUT2D eigenvalue weighted by Gasteiger charge is 2.12. The molecule has 0 aliphatic rings. The topological polar surface area (TPSA) is 34.1 Å². The first-order chi connectivity index (χ1) is 4.57. The van der Waals surface area contributed by atoms with Crippen molar-refractivity contribution >= 4 is 11.6 Å². The predicted octanol–water partition coefficient (Wildman–Crippen LogP) is 1.58. The molecule has 0 amide bonds. The van der Waals surface area contributed by atoms with Crippen LogP contribution >= 0.6 is 0 Å². The molecule has 0 spiro atoms. The van der Waals surface area contributed by atoms with Crippen LogP contribution < -0.4 is 0 Å². The summed E-state index contributed by atoms with van der Waals surface area (Å²) in [7, 11) is 0. The van der Waals surface area contributed by atoms with Crippen molar-refractivity contribution in [2.75, 3.05) is 0 Å². The Morgan fingerprint density at radius 1 is 1.30 bits per heavy atom. The summed E-state index contributed by atoms with van der Waals surface area (Å²) in [6.07, 6.45) is 1.18. The van der Waals surface area contributed by atoms with Gasteiger partial charge in [-0.2, -0.15) is 0 Å². The van der Waals surface area contributed by atoms with E-state index < -0.39 is 0 Å². The summed E-state index contributed by atoms with van der Waals surface area (Å²) in [5.74, 6) is 0.178. The molecule has 0 aliphatic heterocycles. The SMILES string of the molecule is CCC(CC(C)=O)C(C)=O. The van der Waals surface area contributed by atoms with Crippen LogP contribution in [-0.2, 0) is 9.59 Å². The Hall–Kier alpha value is -0.660. The Kier molecular flexibility index (Phi) is 3.93. The zero-order valence-corrected chi connectivity index (χ0v) is 6.81. The largest absolute Gasteiger partial charge is 0.300 e. The molecule has 58 valence electrons. The van der Waals surface area contributed by atoms with Crippen LogP contribution in [0.2, 0.25) is 0 Å². The van der Waals surface area contributed by atoms with Crippen LogP contribution in [0, 0.1) is 5.92 Å². The molecule has 0 aromatic carbocycles. The molecular weight excluding hydrogens is 128 g/mol. The molecule has 0 saturated carbocycles.